The lowest BCUT2D eigenvalue weighted by atomic mass is 9.99. The summed E-state index contributed by atoms with van der Waals surface area (Å²) in [4.78, 5) is 28.2. The van der Waals surface area contributed by atoms with Gasteiger partial charge in [-0.2, -0.15) is 0 Å². The molecular formula is C25H25N7O2. The topological polar surface area (TPSA) is 108 Å². The van der Waals surface area contributed by atoms with Crippen LogP contribution in [-0.4, -0.2) is 49.6 Å². The molecule has 9 heteroatoms. The first kappa shape index (κ1) is 20.6. The number of nitrogens with zero attached hydrogens (tertiary/aromatic N) is 5. The van der Waals surface area contributed by atoms with E-state index in [9.17, 15) is 9.90 Å². The average Bonchev–Trinajstić information content (AvgIpc) is 3.39. The predicted octanol–water partition coefficient (Wildman–Crippen LogP) is 3.13. The maximum atomic E-state index is 12.8. The summed E-state index contributed by atoms with van der Waals surface area (Å²) in [5, 5.41) is 16.2. The summed E-state index contributed by atoms with van der Waals surface area (Å²) in [6.07, 6.45) is 11.3. The van der Waals surface area contributed by atoms with E-state index in [0.29, 0.717) is 17.9 Å². The second-order valence-corrected chi connectivity index (χ2v) is 8.74. The average molecular weight is 456 g/mol. The smallest absolute Gasteiger partial charge is 0.254 e. The molecule has 1 aromatic carbocycles. The van der Waals surface area contributed by atoms with Gasteiger partial charge in [-0.1, -0.05) is 6.07 Å². The molecule has 6 rings (SSSR count). The lowest BCUT2D eigenvalue weighted by molar-refractivity contribution is 0.0966. The van der Waals surface area contributed by atoms with Crippen LogP contribution >= 0.6 is 0 Å². The molecule has 0 aliphatic carbocycles. The molecule has 0 unspecified atom stereocenters. The SMILES string of the molecule is O=C1NCc2c(-c3cnc4cnccn34)ccc(Nc3ccc(N4CCC[C@H](O)CC4)cn3)c21. The van der Waals surface area contributed by atoms with Crippen molar-refractivity contribution in [1.82, 2.24) is 24.7 Å². The van der Waals surface area contributed by atoms with E-state index in [1.54, 1.807) is 12.4 Å². The number of carbonyl (C=O) groups excluding carboxylic acids is 1. The van der Waals surface area contributed by atoms with Crippen LogP contribution in [0, 0.1) is 0 Å². The summed E-state index contributed by atoms with van der Waals surface area (Å²) in [6.45, 7) is 2.20. The van der Waals surface area contributed by atoms with Crippen LogP contribution in [0.2, 0.25) is 0 Å². The number of imidazole rings is 1. The minimum Gasteiger partial charge on any atom is -0.393 e. The first-order valence-corrected chi connectivity index (χ1v) is 11.5. The number of hydrogen-bond donors (Lipinski definition) is 3. The maximum absolute atomic E-state index is 12.8. The summed E-state index contributed by atoms with van der Waals surface area (Å²) in [5.41, 5.74) is 5.98. The molecule has 1 fully saturated rings. The summed E-state index contributed by atoms with van der Waals surface area (Å²) >= 11 is 0. The summed E-state index contributed by atoms with van der Waals surface area (Å²) < 4.78 is 1.97. The number of hydrogen-bond acceptors (Lipinski definition) is 7. The number of pyridine rings is 1. The van der Waals surface area contributed by atoms with Gasteiger partial charge in [-0.05, 0) is 43.0 Å². The second-order valence-electron chi connectivity index (χ2n) is 8.74. The zero-order valence-corrected chi connectivity index (χ0v) is 18.6. The van der Waals surface area contributed by atoms with E-state index < -0.39 is 0 Å². The summed E-state index contributed by atoms with van der Waals surface area (Å²) in [5.74, 6) is 0.573. The number of anilines is 3. The van der Waals surface area contributed by atoms with Crippen molar-refractivity contribution in [2.45, 2.75) is 31.9 Å². The highest BCUT2D eigenvalue weighted by Crippen LogP contribution is 2.35. The van der Waals surface area contributed by atoms with Gasteiger partial charge >= 0.3 is 0 Å². The molecule has 2 aliphatic heterocycles. The normalized spacial score (nSPS) is 18.0. The number of rotatable bonds is 4. The molecule has 1 saturated heterocycles. The molecule has 34 heavy (non-hydrogen) atoms. The number of aliphatic hydroxyl groups excluding tert-OH is 1. The lowest BCUT2D eigenvalue weighted by Crippen LogP contribution is -2.24. The molecule has 5 heterocycles. The molecule has 3 N–H and O–H groups in total. The van der Waals surface area contributed by atoms with Gasteiger partial charge in [0, 0.05) is 37.6 Å². The Morgan fingerprint density at radius 3 is 2.88 bits per heavy atom. The molecule has 0 bridgehead atoms. The van der Waals surface area contributed by atoms with E-state index in [2.05, 4.69) is 30.5 Å². The van der Waals surface area contributed by atoms with Crippen molar-refractivity contribution < 1.29 is 9.90 Å². The Labute approximate surface area is 196 Å². The van der Waals surface area contributed by atoms with Gasteiger partial charge in [-0.15, -0.1) is 0 Å². The van der Waals surface area contributed by atoms with E-state index in [1.165, 1.54) is 0 Å². The largest absolute Gasteiger partial charge is 0.393 e. The van der Waals surface area contributed by atoms with Gasteiger partial charge in [-0.25, -0.2) is 9.97 Å². The third-order valence-corrected chi connectivity index (χ3v) is 6.63. The van der Waals surface area contributed by atoms with E-state index in [4.69, 9.17) is 0 Å². The monoisotopic (exact) mass is 455 g/mol. The second kappa shape index (κ2) is 8.42. The number of nitrogens with one attached hydrogen (secondary N) is 2. The Bertz CT molecular complexity index is 1370. The Kier molecular flexibility index (Phi) is 5.10. The molecule has 2 aliphatic rings. The van der Waals surface area contributed by atoms with Gasteiger partial charge in [0.2, 0.25) is 0 Å². The van der Waals surface area contributed by atoms with E-state index in [-0.39, 0.29) is 12.0 Å². The molecule has 1 amide bonds. The van der Waals surface area contributed by atoms with Gasteiger partial charge in [0.1, 0.15) is 5.82 Å². The predicted molar refractivity (Wildman–Crippen MR) is 129 cm³/mol. The number of fused-ring (bicyclic) bond motifs is 2. The van der Waals surface area contributed by atoms with Crippen molar-refractivity contribution >= 4 is 28.7 Å². The Hall–Kier alpha value is -3.98. The van der Waals surface area contributed by atoms with Crippen molar-refractivity contribution in [2.24, 2.45) is 0 Å². The van der Waals surface area contributed by atoms with Crippen LogP contribution < -0.4 is 15.5 Å². The van der Waals surface area contributed by atoms with Crippen LogP contribution in [0.25, 0.3) is 16.9 Å². The highest BCUT2D eigenvalue weighted by molar-refractivity contribution is 6.06. The van der Waals surface area contributed by atoms with Gasteiger partial charge in [0.25, 0.3) is 5.91 Å². The molecule has 0 spiro atoms. The fraction of sp³-hybridized carbons (Fsp3) is 0.280. The number of benzene rings is 1. The first-order valence-electron chi connectivity index (χ1n) is 11.5. The highest BCUT2D eigenvalue weighted by atomic mass is 16.3. The van der Waals surface area contributed by atoms with E-state index >= 15 is 0 Å². The van der Waals surface area contributed by atoms with Crippen LogP contribution in [0.15, 0.2) is 55.2 Å². The molecular weight excluding hydrogens is 430 g/mol. The molecule has 172 valence electrons. The fourth-order valence-corrected chi connectivity index (χ4v) is 4.86. The lowest BCUT2D eigenvalue weighted by Gasteiger charge is -2.22. The van der Waals surface area contributed by atoms with Gasteiger partial charge in [-0.3, -0.25) is 14.2 Å². The zero-order chi connectivity index (χ0) is 23.1. The zero-order valence-electron chi connectivity index (χ0n) is 18.6. The van der Waals surface area contributed by atoms with Gasteiger partial charge in [0.15, 0.2) is 5.65 Å². The van der Waals surface area contributed by atoms with Gasteiger partial charge < -0.3 is 20.6 Å². The van der Waals surface area contributed by atoms with Gasteiger partial charge in [0.05, 0.1) is 47.3 Å². The Morgan fingerprint density at radius 1 is 1.06 bits per heavy atom. The van der Waals surface area contributed by atoms with Crippen molar-refractivity contribution in [2.75, 3.05) is 23.3 Å². The van der Waals surface area contributed by atoms with Crippen LogP contribution in [0.4, 0.5) is 17.2 Å². The van der Waals surface area contributed by atoms with Crippen LogP contribution in [-0.2, 0) is 6.54 Å². The maximum Gasteiger partial charge on any atom is 0.254 e. The molecule has 0 saturated carbocycles. The standard InChI is InChI=1S/C25H25N7O2/c33-17-2-1-9-31(10-7-17)16-3-6-22(27-12-16)30-20-5-4-18(19-13-29-25(34)24(19)20)21-14-28-23-15-26-8-11-32(21)23/h3-6,8,11-12,14-15,17,33H,1-2,7,9-10,13H2,(H,27,30)(H,29,34)/t17-/m0/s1. The third kappa shape index (κ3) is 3.63. The number of aliphatic hydroxyl groups is 1. The van der Waals surface area contributed by atoms with Crippen molar-refractivity contribution in [3.05, 3.63) is 66.4 Å². The highest BCUT2D eigenvalue weighted by Gasteiger charge is 2.27. The summed E-state index contributed by atoms with van der Waals surface area (Å²) in [7, 11) is 0. The van der Waals surface area contributed by atoms with Crippen LogP contribution in [0.3, 0.4) is 0 Å². The number of amides is 1. The van der Waals surface area contributed by atoms with Crippen LogP contribution in [0.1, 0.15) is 35.2 Å². The molecule has 4 aromatic rings. The van der Waals surface area contributed by atoms with E-state index in [1.807, 2.05) is 47.3 Å². The quantitative estimate of drug-likeness (QED) is 0.434. The fourth-order valence-electron chi connectivity index (χ4n) is 4.86. The number of aromatic nitrogens is 4. The summed E-state index contributed by atoms with van der Waals surface area (Å²) in [6, 6.07) is 7.91. The molecule has 9 nitrogen and oxygen atoms in total. The van der Waals surface area contributed by atoms with E-state index in [0.717, 1.165) is 66.2 Å². The van der Waals surface area contributed by atoms with Crippen LogP contribution in [0.5, 0.6) is 0 Å². The van der Waals surface area contributed by atoms with Crippen molar-refractivity contribution in [3.8, 4) is 11.3 Å². The van der Waals surface area contributed by atoms with Crippen molar-refractivity contribution in [3.63, 3.8) is 0 Å². The Morgan fingerprint density at radius 2 is 2.00 bits per heavy atom. The Balaban J connectivity index is 1.29. The minimum absolute atomic E-state index is 0.102. The molecule has 1 atom stereocenters. The third-order valence-electron chi connectivity index (χ3n) is 6.63. The minimum atomic E-state index is -0.215. The first-order chi connectivity index (χ1) is 16.7. The molecule has 0 radical (unpaired) electrons. The molecule has 3 aromatic heterocycles. The van der Waals surface area contributed by atoms with Crippen molar-refractivity contribution in [1.29, 1.82) is 0 Å². The number of carbonyl (C=O) groups is 1.